The normalized spacial score (nSPS) is 10.3. The van der Waals surface area contributed by atoms with Crippen LogP contribution in [0.3, 0.4) is 0 Å². The van der Waals surface area contributed by atoms with E-state index >= 15 is 0 Å². The van der Waals surface area contributed by atoms with Crippen molar-refractivity contribution < 1.29 is 4.39 Å². The average Bonchev–Trinajstić information content (AvgIpc) is 2.27. The minimum absolute atomic E-state index is 0.255. The van der Waals surface area contributed by atoms with E-state index in [0.29, 0.717) is 14.2 Å². The van der Waals surface area contributed by atoms with Gasteiger partial charge in [0.25, 0.3) is 0 Å². The van der Waals surface area contributed by atoms with Gasteiger partial charge in [-0.3, -0.25) is 0 Å². The fourth-order valence-electron chi connectivity index (χ4n) is 1.37. The van der Waals surface area contributed by atoms with Crippen LogP contribution in [0.25, 0.3) is 11.1 Å². The molecule has 0 bridgehead atoms. The zero-order valence-electron chi connectivity index (χ0n) is 7.68. The Morgan fingerprint density at radius 2 is 1.67 bits per heavy atom. The molecule has 0 aliphatic heterocycles. The van der Waals surface area contributed by atoms with Crippen molar-refractivity contribution >= 4 is 34.2 Å². The average molecular weight is 333 g/mol. The Labute approximate surface area is 106 Å². The second-order valence-electron chi connectivity index (χ2n) is 3.09. The Morgan fingerprint density at radius 1 is 1.00 bits per heavy atom. The summed E-state index contributed by atoms with van der Waals surface area (Å²) in [5.41, 5.74) is 1.45. The number of benzene rings is 2. The minimum Gasteiger partial charge on any atom is -0.205 e. The van der Waals surface area contributed by atoms with Gasteiger partial charge in [-0.15, -0.1) is 0 Å². The van der Waals surface area contributed by atoms with Crippen LogP contribution >= 0.6 is 34.2 Å². The highest BCUT2D eigenvalue weighted by molar-refractivity contribution is 14.1. The molecular formula is C12H7ClFI. The van der Waals surface area contributed by atoms with Crippen molar-refractivity contribution in [2.75, 3.05) is 0 Å². The standard InChI is InChI=1S/C12H7ClFI/c13-10-7-6-9(11(14)12(10)15)8-4-2-1-3-5-8/h1-7H. The fourth-order valence-corrected chi connectivity index (χ4v) is 1.98. The first-order valence-electron chi connectivity index (χ1n) is 4.39. The van der Waals surface area contributed by atoms with Crippen molar-refractivity contribution in [3.8, 4) is 11.1 Å². The van der Waals surface area contributed by atoms with E-state index in [9.17, 15) is 4.39 Å². The summed E-state index contributed by atoms with van der Waals surface area (Å²) in [5, 5.41) is 0.452. The lowest BCUT2D eigenvalue weighted by Gasteiger charge is -2.05. The van der Waals surface area contributed by atoms with Crippen LogP contribution in [0.5, 0.6) is 0 Å². The van der Waals surface area contributed by atoms with Gasteiger partial charge in [-0.1, -0.05) is 41.9 Å². The van der Waals surface area contributed by atoms with Gasteiger partial charge in [0, 0.05) is 5.56 Å². The quantitative estimate of drug-likeness (QED) is 0.522. The summed E-state index contributed by atoms with van der Waals surface area (Å²) in [4.78, 5) is 0. The molecular weight excluding hydrogens is 325 g/mol. The van der Waals surface area contributed by atoms with Crippen molar-refractivity contribution in [2.45, 2.75) is 0 Å². The predicted octanol–water partition coefficient (Wildman–Crippen LogP) is 4.75. The maximum Gasteiger partial charge on any atom is 0.145 e. The summed E-state index contributed by atoms with van der Waals surface area (Å²) in [7, 11) is 0. The number of hydrogen-bond donors (Lipinski definition) is 0. The second-order valence-corrected chi connectivity index (χ2v) is 4.57. The molecule has 0 atom stereocenters. The summed E-state index contributed by atoms with van der Waals surface area (Å²) in [6, 6.07) is 12.9. The summed E-state index contributed by atoms with van der Waals surface area (Å²) >= 11 is 7.74. The lowest BCUT2D eigenvalue weighted by atomic mass is 10.1. The molecule has 0 saturated heterocycles. The molecule has 2 aromatic rings. The van der Waals surface area contributed by atoms with Gasteiger partial charge in [0.15, 0.2) is 0 Å². The lowest BCUT2D eigenvalue weighted by Crippen LogP contribution is -1.89. The summed E-state index contributed by atoms with van der Waals surface area (Å²) in [5.74, 6) is -0.255. The molecule has 2 aromatic carbocycles. The molecule has 0 nitrogen and oxygen atoms in total. The molecule has 0 amide bonds. The van der Waals surface area contributed by atoms with Crippen LogP contribution in [-0.4, -0.2) is 0 Å². The third-order valence-electron chi connectivity index (χ3n) is 2.12. The molecule has 0 aromatic heterocycles. The molecule has 0 fully saturated rings. The maximum atomic E-state index is 13.9. The van der Waals surface area contributed by atoms with Crippen molar-refractivity contribution in [1.29, 1.82) is 0 Å². The van der Waals surface area contributed by atoms with Gasteiger partial charge in [-0.05, 0) is 40.3 Å². The van der Waals surface area contributed by atoms with E-state index in [4.69, 9.17) is 11.6 Å². The first-order chi connectivity index (χ1) is 7.20. The van der Waals surface area contributed by atoms with Crippen LogP contribution in [0.4, 0.5) is 4.39 Å². The topological polar surface area (TPSA) is 0 Å². The van der Waals surface area contributed by atoms with Gasteiger partial charge >= 0.3 is 0 Å². The minimum atomic E-state index is -0.255. The Morgan fingerprint density at radius 3 is 2.33 bits per heavy atom. The van der Waals surface area contributed by atoms with E-state index in [1.165, 1.54) is 0 Å². The van der Waals surface area contributed by atoms with Gasteiger partial charge in [0.2, 0.25) is 0 Å². The Hall–Kier alpha value is -0.610. The molecule has 0 saturated carbocycles. The highest BCUT2D eigenvalue weighted by Crippen LogP contribution is 2.30. The smallest absolute Gasteiger partial charge is 0.145 e. The second kappa shape index (κ2) is 4.49. The molecule has 0 unspecified atom stereocenters. The molecule has 0 aliphatic carbocycles. The molecule has 15 heavy (non-hydrogen) atoms. The van der Waals surface area contributed by atoms with Crippen LogP contribution < -0.4 is 0 Å². The first-order valence-corrected chi connectivity index (χ1v) is 5.85. The largest absolute Gasteiger partial charge is 0.205 e. The van der Waals surface area contributed by atoms with E-state index in [1.807, 2.05) is 52.9 Å². The lowest BCUT2D eigenvalue weighted by molar-refractivity contribution is 0.624. The highest BCUT2D eigenvalue weighted by Gasteiger charge is 2.10. The number of hydrogen-bond acceptors (Lipinski definition) is 0. The van der Waals surface area contributed by atoms with Gasteiger partial charge in [0.05, 0.1) is 8.59 Å². The zero-order valence-corrected chi connectivity index (χ0v) is 10.6. The Kier molecular flexibility index (Phi) is 3.26. The van der Waals surface area contributed by atoms with Crippen molar-refractivity contribution in [3.63, 3.8) is 0 Å². The van der Waals surface area contributed by atoms with Gasteiger partial charge in [-0.25, -0.2) is 4.39 Å². The fraction of sp³-hybridized carbons (Fsp3) is 0. The van der Waals surface area contributed by atoms with E-state index < -0.39 is 0 Å². The molecule has 0 radical (unpaired) electrons. The molecule has 76 valence electrons. The molecule has 3 heteroatoms. The van der Waals surface area contributed by atoms with E-state index in [0.717, 1.165) is 5.56 Å². The van der Waals surface area contributed by atoms with E-state index in [1.54, 1.807) is 12.1 Å². The first kappa shape index (κ1) is 10.9. The maximum absolute atomic E-state index is 13.9. The monoisotopic (exact) mass is 332 g/mol. The molecule has 0 aliphatic rings. The van der Waals surface area contributed by atoms with Crippen LogP contribution in [0.15, 0.2) is 42.5 Å². The summed E-state index contributed by atoms with van der Waals surface area (Å²) < 4.78 is 14.3. The highest BCUT2D eigenvalue weighted by atomic mass is 127. The summed E-state index contributed by atoms with van der Waals surface area (Å²) in [6.45, 7) is 0. The van der Waals surface area contributed by atoms with Gasteiger partial charge < -0.3 is 0 Å². The van der Waals surface area contributed by atoms with E-state index in [-0.39, 0.29) is 5.82 Å². The van der Waals surface area contributed by atoms with Crippen LogP contribution in [0, 0.1) is 9.39 Å². The Bertz CT molecular complexity index is 482. The third kappa shape index (κ3) is 2.16. The van der Waals surface area contributed by atoms with Crippen LogP contribution in [0.2, 0.25) is 5.02 Å². The molecule has 0 heterocycles. The van der Waals surface area contributed by atoms with Gasteiger partial charge in [-0.2, -0.15) is 0 Å². The van der Waals surface area contributed by atoms with Crippen molar-refractivity contribution in [2.24, 2.45) is 0 Å². The van der Waals surface area contributed by atoms with Crippen molar-refractivity contribution in [3.05, 3.63) is 56.9 Å². The predicted molar refractivity (Wildman–Crippen MR) is 69.6 cm³/mol. The number of rotatable bonds is 1. The summed E-state index contributed by atoms with van der Waals surface area (Å²) in [6.07, 6.45) is 0. The molecule has 0 N–H and O–H groups in total. The SMILES string of the molecule is Fc1c(-c2ccccc2)ccc(Cl)c1I. The van der Waals surface area contributed by atoms with Crippen LogP contribution in [-0.2, 0) is 0 Å². The van der Waals surface area contributed by atoms with Gasteiger partial charge in [0.1, 0.15) is 5.82 Å². The number of halogens is 3. The third-order valence-corrected chi connectivity index (χ3v) is 3.81. The zero-order chi connectivity index (χ0) is 10.8. The molecule has 2 rings (SSSR count). The molecule has 0 spiro atoms. The van der Waals surface area contributed by atoms with E-state index in [2.05, 4.69) is 0 Å². The Balaban J connectivity index is 2.60. The van der Waals surface area contributed by atoms with Crippen LogP contribution in [0.1, 0.15) is 0 Å². The van der Waals surface area contributed by atoms with Crippen molar-refractivity contribution in [1.82, 2.24) is 0 Å².